The first-order valence-corrected chi connectivity index (χ1v) is 18.9. The first-order valence-electron chi connectivity index (χ1n) is 18.1. The minimum absolute atomic E-state index is 0.0848. The molecule has 0 spiro atoms. The topological polar surface area (TPSA) is 121 Å². The number of hydrazine groups is 1. The smallest absolute Gasteiger partial charge is 0.307 e. The molecule has 3 heterocycles. The van der Waals surface area contributed by atoms with E-state index in [1.54, 1.807) is 17.1 Å². The number of methoxy groups -OCH3 is 3. The van der Waals surface area contributed by atoms with Crippen LogP contribution in [0, 0.1) is 5.92 Å². The van der Waals surface area contributed by atoms with Gasteiger partial charge in [0.25, 0.3) is 5.91 Å². The molecule has 53 heavy (non-hydrogen) atoms. The van der Waals surface area contributed by atoms with Crippen molar-refractivity contribution in [1.29, 1.82) is 0 Å². The Morgan fingerprint density at radius 2 is 1.55 bits per heavy atom. The normalized spacial score (nSPS) is 21.9. The average Bonchev–Trinajstić information content (AvgIpc) is 3.63. The van der Waals surface area contributed by atoms with E-state index in [0.717, 1.165) is 36.9 Å². The number of amides is 2. The van der Waals surface area contributed by atoms with Crippen LogP contribution in [0.4, 0.5) is 0 Å². The van der Waals surface area contributed by atoms with Crippen LogP contribution in [0.1, 0.15) is 60.0 Å². The molecule has 0 saturated carbocycles. The van der Waals surface area contributed by atoms with Crippen molar-refractivity contribution in [3.63, 3.8) is 0 Å². The Balaban J connectivity index is 1.19. The Bertz CT molecular complexity index is 1780. The summed E-state index contributed by atoms with van der Waals surface area (Å²) >= 11 is 12.9. The van der Waals surface area contributed by atoms with Crippen molar-refractivity contribution >= 4 is 41.0 Å². The van der Waals surface area contributed by atoms with E-state index in [9.17, 15) is 19.5 Å². The lowest BCUT2D eigenvalue weighted by atomic mass is 9.71. The molecule has 2 unspecified atom stereocenters. The van der Waals surface area contributed by atoms with Crippen LogP contribution in [-0.2, 0) is 20.4 Å². The summed E-state index contributed by atoms with van der Waals surface area (Å²) in [4.78, 5) is 44.2. The van der Waals surface area contributed by atoms with Gasteiger partial charge in [-0.05, 0) is 93.6 Å². The van der Waals surface area contributed by atoms with Gasteiger partial charge in [-0.3, -0.25) is 19.8 Å². The molecule has 2 atom stereocenters. The molecule has 2 N–H and O–H groups in total. The number of carbonyl (C=O) groups excluding carboxylic acids is 2. The number of hydrogen-bond acceptors (Lipinski definition) is 8. The highest BCUT2D eigenvalue weighted by Crippen LogP contribution is 2.43. The second-order valence-electron chi connectivity index (χ2n) is 14.4. The van der Waals surface area contributed by atoms with Crippen molar-refractivity contribution in [3.05, 3.63) is 87.4 Å². The maximum absolute atomic E-state index is 14.2. The fraction of sp³-hybridized carbons (Fsp3) is 0.475. The molecular formula is C40H48Cl2N4O7. The molecule has 6 rings (SSSR count). The molecule has 3 aromatic rings. The third-order valence-electron chi connectivity index (χ3n) is 11.5. The van der Waals surface area contributed by atoms with E-state index >= 15 is 0 Å². The molecule has 284 valence electrons. The largest absolute Gasteiger partial charge is 0.493 e. The van der Waals surface area contributed by atoms with Gasteiger partial charge < -0.3 is 29.1 Å². The summed E-state index contributed by atoms with van der Waals surface area (Å²) in [6, 6.07) is 19.0. The summed E-state index contributed by atoms with van der Waals surface area (Å²) in [5.74, 6) is -0.294. The van der Waals surface area contributed by atoms with E-state index in [4.69, 9.17) is 37.4 Å². The van der Waals surface area contributed by atoms with Crippen LogP contribution in [0.2, 0.25) is 10.0 Å². The average molecular weight is 768 g/mol. The Morgan fingerprint density at radius 1 is 0.849 bits per heavy atom. The third-order valence-corrected chi connectivity index (χ3v) is 12.2. The minimum atomic E-state index is -0.829. The van der Waals surface area contributed by atoms with E-state index in [0.29, 0.717) is 91.4 Å². The molecule has 0 aliphatic carbocycles. The first kappa shape index (κ1) is 38.7. The van der Waals surface area contributed by atoms with E-state index < -0.39 is 17.3 Å². The molecule has 13 heteroatoms. The Hall–Kier alpha value is -4.03. The zero-order chi connectivity index (χ0) is 37.8. The van der Waals surface area contributed by atoms with E-state index in [2.05, 4.69) is 10.3 Å². The highest BCUT2D eigenvalue weighted by molar-refractivity contribution is 6.42. The fourth-order valence-corrected chi connectivity index (χ4v) is 8.61. The lowest BCUT2D eigenvalue weighted by Crippen LogP contribution is -2.57. The molecule has 2 amide bonds. The van der Waals surface area contributed by atoms with Crippen LogP contribution >= 0.6 is 23.2 Å². The van der Waals surface area contributed by atoms with Crippen molar-refractivity contribution in [2.45, 2.75) is 49.4 Å². The first-order chi connectivity index (χ1) is 25.5. The summed E-state index contributed by atoms with van der Waals surface area (Å²) in [5, 5.41) is 12.3. The number of benzene rings is 3. The maximum Gasteiger partial charge on any atom is 0.307 e. The summed E-state index contributed by atoms with van der Waals surface area (Å²) in [5.41, 5.74) is 4.43. The number of halogens is 2. The Morgan fingerprint density at radius 3 is 2.17 bits per heavy atom. The third kappa shape index (κ3) is 8.09. The quantitative estimate of drug-likeness (QED) is 0.227. The van der Waals surface area contributed by atoms with Crippen molar-refractivity contribution in [2.24, 2.45) is 5.92 Å². The molecule has 3 saturated heterocycles. The molecule has 3 aromatic carbocycles. The van der Waals surface area contributed by atoms with Crippen molar-refractivity contribution in [3.8, 4) is 17.2 Å². The summed E-state index contributed by atoms with van der Waals surface area (Å²) < 4.78 is 16.5. The van der Waals surface area contributed by atoms with Gasteiger partial charge in [0, 0.05) is 37.2 Å². The van der Waals surface area contributed by atoms with Crippen LogP contribution < -0.4 is 19.6 Å². The number of piperidine rings is 2. The monoisotopic (exact) mass is 766 g/mol. The number of carbonyl (C=O) groups is 3. The van der Waals surface area contributed by atoms with Crippen molar-refractivity contribution < 1.29 is 33.7 Å². The fourth-order valence-electron chi connectivity index (χ4n) is 8.31. The highest BCUT2D eigenvalue weighted by atomic mass is 35.5. The van der Waals surface area contributed by atoms with Crippen LogP contribution in [-0.4, -0.2) is 105 Å². The lowest BCUT2D eigenvalue weighted by molar-refractivity contribution is -0.146. The van der Waals surface area contributed by atoms with Crippen LogP contribution in [0.25, 0.3) is 0 Å². The number of carboxylic acids is 1. The van der Waals surface area contributed by atoms with Gasteiger partial charge in [-0.25, -0.2) is 5.01 Å². The molecule has 0 radical (unpaired) electrons. The molecule has 3 aliphatic heterocycles. The summed E-state index contributed by atoms with van der Waals surface area (Å²) in [7, 11) is 4.58. The number of carboxylic acid groups (broad SMARTS) is 1. The van der Waals surface area contributed by atoms with Gasteiger partial charge in [0.15, 0.2) is 11.5 Å². The van der Waals surface area contributed by atoms with Crippen LogP contribution in [0.3, 0.4) is 0 Å². The van der Waals surface area contributed by atoms with Gasteiger partial charge in [0.2, 0.25) is 11.7 Å². The molecule has 0 aromatic heterocycles. The van der Waals surface area contributed by atoms with E-state index in [-0.39, 0.29) is 17.2 Å². The Kier molecular flexibility index (Phi) is 12.1. The van der Waals surface area contributed by atoms with Gasteiger partial charge in [-0.2, -0.15) is 0 Å². The van der Waals surface area contributed by atoms with Gasteiger partial charge in [-0.15, -0.1) is 0 Å². The molecule has 11 nitrogen and oxygen atoms in total. The number of rotatable bonds is 12. The molecule has 3 fully saturated rings. The van der Waals surface area contributed by atoms with Gasteiger partial charge in [0.1, 0.15) is 0 Å². The van der Waals surface area contributed by atoms with Crippen molar-refractivity contribution in [2.75, 3.05) is 67.1 Å². The second-order valence-corrected chi connectivity index (χ2v) is 15.2. The predicted octanol–water partition coefficient (Wildman–Crippen LogP) is 6.05. The van der Waals surface area contributed by atoms with E-state index in [1.165, 1.54) is 21.3 Å². The van der Waals surface area contributed by atoms with Gasteiger partial charge in [0.05, 0.1) is 42.7 Å². The van der Waals surface area contributed by atoms with E-state index in [1.807, 2.05) is 53.4 Å². The number of likely N-dealkylation sites (tertiary alicyclic amines) is 2. The zero-order valence-corrected chi connectivity index (χ0v) is 32.0. The predicted molar refractivity (Wildman–Crippen MR) is 203 cm³/mol. The Labute approximate surface area is 321 Å². The van der Waals surface area contributed by atoms with Gasteiger partial charge >= 0.3 is 5.97 Å². The highest BCUT2D eigenvalue weighted by Gasteiger charge is 2.46. The van der Waals surface area contributed by atoms with Crippen LogP contribution in [0.5, 0.6) is 17.2 Å². The summed E-state index contributed by atoms with van der Waals surface area (Å²) in [6.45, 7) is 4.11. The molecule has 0 bridgehead atoms. The maximum atomic E-state index is 14.2. The zero-order valence-electron chi connectivity index (χ0n) is 30.5. The van der Waals surface area contributed by atoms with Crippen LogP contribution in [0.15, 0.2) is 60.7 Å². The molecular weight excluding hydrogens is 719 g/mol. The number of hydrogen-bond donors (Lipinski definition) is 2. The number of ether oxygens (including phenoxy) is 3. The van der Waals surface area contributed by atoms with Gasteiger partial charge in [-0.1, -0.05) is 59.6 Å². The second kappa shape index (κ2) is 16.5. The number of nitrogens with one attached hydrogen (secondary N) is 1. The standard InChI is InChI=1S/C40H48Cl2N4O7/c1-51-33-22-28(23-34(52-2)35(33)53-3)36(47)45-21-14-39(26-45,30-11-12-31(41)32(42)24-30)13-18-44-19-15-40(16-20-44,29-9-5-4-6-10-29)38(50)43-46-17-7-8-27(25-46)37(48)49/h4-6,9-12,22-24,27H,7-8,13-21,25-26H2,1-3H3,(H,43,50)(H,48,49). The SMILES string of the molecule is COc1cc(C(=O)N2CCC(CCN3CCC(C(=O)NN4CCCC(C(=O)O)C4)(c4ccccc4)CC3)(c3ccc(Cl)c(Cl)c3)C2)cc(OC)c1OC. The summed E-state index contributed by atoms with van der Waals surface area (Å²) in [6.07, 6.45) is 4.06. The number of nitrogens with zero attached hydrogens (tertiary/aromatic N) is 3. The van der Waals surface area contributed by atoms with Crippen molar-refractivity contribution in [1.82, 2.24) is 20.2 Å². The number of aliphatic carboxylic acids is 1. The molecule has 3 aliphatic rings. The minimum Gasteiger partial charge on any atom is -0.493 e. The lowest BCUT2D eigenvalue weighted by Gasteiger charge is -2.43.